The first-order valence-electron chi connectivity index (χ1n) is 14.1. The Morgan fingerprint density at radius 2 is 1.79 bits per heavy atom. The third-order valence-corrected chi connectivity index (χ3v) is 8.57. The number of anilines is 2. The van der Waals surface area contributed by atoms with Gasteiger partial charge in [0.2, 0.25) is 5.91 Å². The third kappa shape index (κ3) is 7.71. The predicted octanol–water partition coefficient (Wildman–Crippen LogP) is 2.90. The molecule has 12 heteroatoms. The highest BCUT2D eigenvalue weighted by Gasteiger charge is 2.33. The molecule has 2 aliphatic rings. The minimum atomic E-state index is -0.815. The van der Waals surface area contributed by atoms with E-state index in [-0.39, 0.29) is 47.0 Å². The standard InChI is InChI=1S/C30H40ClN5O6/c1-35-11-8-19(9-12-35)28(30(39)40)18-4-6-20(7-5-18)33-27(37)17-36-13-10-24(26(16-36)42-3)34-29(38)21-14-22(31)23(32)15-25(21)41-2/h4-7,14-15,19,24,26,28H,8-13,16-17,32H2,1-3H3,(H,33,37)(H,34,38)(H,39,40)/t24-,26+,28?/m1/s1. The van der Waals surface area contributed by atoms with Gasteiger partial charge in [-0.15, -0.1) is 0 Å². The number of ether oxygens (including phenoxy) is 2. The van der Waals surface area contributed by atoms with Crippen molar-refractivity contribution in [1.29, 1.82) is 0 Å². The molecular formula is C30H40ClN5O6. The molecule has 0 radical (unpaired) electrons. The van der Waals surface area contributed by atoms with Gasteiger partial charge in [-0.1, -0.05) is 23.7 Å². The molecule has 2 aromatic carbocycles. The van der Waals surface area contributed by atoms with E-state index in [4.69, 9.17) is 26.8 Å². The van der Waals surface area contributed by atoms with Crippen molar-refractivity contribution >= 4 is 40.8 Å². The molecule has 11 nitrogen and oxygen atoms in total. The van der Waals surface area contributed by atoms with Gasteiger partial charge in [0.15, 0.2) is 0 Å². The monoisotopic (exact) mass is 601 g/mol. The molecule has 2 fully saturated rings. The minimum Gasteiger partial charge on any atom is -0.496 e. The molecule has 5 N–H and O–H groups in total. The summed E-state index contributed by atoms with van der Waals surface area (Å²) in [5.74, 6) is -1.50. The lowest BCUT2D eigenvalue weighted by Gasteiger charge is -2.37. The highest BCUT2D eigenvalue weighted by Crippen LogP contribution is 2.33. The summed E-state index contributed by atoms with van der Waals surface area (Å²) < 4.78 is 11.0. The van der Waals surface area contributed by atoms with Gasteiger partial charge >= 0.3 is 5.97 Å². The van der Waals surface area contributed by atoms with E-state index in [1.807, 2.05) is 4.90 Å². The molecule has 228 valence electrons. The molecule has 2 amide bonds. The van der Waals surface area contributed by atoms with Crippen molar-refractivity contribution in [2.75, 3.05) is 65.0 Å². The number of carbonyl (C=O) groups excluding carboxylic acids is 2. The molecule has 0 saturated carbocycles. The van der Waals surface area contributed by atoms with Crippen LogP contribution in [-0.4, -0.2) is 98.8 Å². The van der Waals surface area contributed by atoms with Crippen LogP contribution in [0.3, 0.4) is 0 Å². The first-order chi connectivity index (χ1) is 20.1. The van der Waals surface area contributed by atoms with Crippen molar-refractivity contribution in [2.45, 2.75) is 37.3 Å². The fraction of sp³-hybridized carbons (Fsp3) is 0.500. The number of carbonyl (C=O) groups is 3. The Morgan fingerprint density at radius 1 is 1.10 bits per heavy atom. The summed E-state index contributed by atoms with van der Waals surface area (Å²) in [7, 11) is 5.08. The largest absolute Gasteiger partial charge is 0.496 e. The summed E-state index contributed by atoms with van der Waals surface area (Å²) in [6, 6.07) is 9.83. The number of nitrogens with two attached hydrogens (primary N) is 1. The van der Waals surface area contributed by atoms with Crippen LogP contribution in [-0.2, 0) is 14.3 Å². The molecule has 0 aromatic heterocycles. The number of likely N-dealkylation sites (tertiary alicyclic amines) is 2. The van der Waals surface area contributed by atoms with Crippen LogP contribution < -0.4 is 21.1 Å². The van der Waals surface area contributed by atoms with E-state index in [1.54, 1.807) is 31.4 Å². The number of halogens is 1. The lowest BCUT2D eigenvalue weighted by atomic mass is 9.80. The Balaban J connectivity index is 1.31. The summed E-state index contributed by atoms with van der Waals surface area (Å²) in [4.78, 5) is 42.2. The molecule has 2 saturated heterocycles. The molecule has 0 spiro atoms. The number of benzene rings is 2. The molecule has 42 heavy (non-hydrogen) atoms. The van der Waals surface area contributed by atoms with E-state index < -0.39 is 11.9 Å². The maximum atomic E-state index is 13.0. The van der Waals surface area contributed by atoms with Crippen molar-refractivity contribution in [3.8, 4) is 5.75 Å². The fourth-order valence-electron chi connectivity index (χ4n) is 5.85. The predicted molar refractivity (Wildman–Crippen MR) is 161 cm³/mol. The highest BCUT2D eigenvalue weighted by molar-refractivity contribution is 6.33. The van der Waals surface area contributed by atoms with E-state index in [9.17, 15) is 19.5 Å². The number of nitrogen functional groups attached to an aromatic ring is 1. The Kier molecular flexibility index (Phi) is 10.7. The number of hydrogen-bond donors (Lipinski definition) is 4. The van der Waals surface area contributed by atoms with Gasteiger partial charge in [-0.05, 0) is 69.1 Å². The highest BCUT2D eigenvalue weighted by atomic mass is 35.5. The van der Waals surface area contributed by atoms with Gasteiger partial charge in [0.1, 0.15) is 5.75 Å². The number of nitrogens with zero attached hydrogens (tertiary/aromatic N) is 2. The summed E-state index contributed by atoms with van der Waals surface area (Å²) >= 11 is 6.13. The smallest absolute Gasteiger partial charge is 0.311 e. The third-order valence-electron chi connectivity index (χ3n) is 8.25. The summed E-state index contributed by atoms with van der Waals surface area (Å²) in [5.41, 5.74) is 7.79. The van der Waals surface area contributed by atoms with Gasteiger partial charge in [-0.25, -0.2) is 0 Å². The Labute approximate surface area is 251 Å². The molecule has 2 aromatic rings. The van der Waals surface area contributed by atoms with E-state index in [2.05, 4.69) is 22.6 Å². The lowest BCUT2D eigenvalue weighted by Crippen LogP contribution is -2.55. The quantitative estimate of drug-likeness (QED) is 0.302. The van der Waals surface area contributed by atoms with Crippen LogP contribution in [0.25, 0.3) is 0 Å². The summed E-state index contributed by atoms with van der Waals surface area (Å²) in [6.45, 7) is 2.96. The molecule has 3 atom stereocenters. The molecule has 4 rings (SSSR count). The Morgan fingerprint density at radius 3 is 2.40 bits per heavy atom. The van der Waals surface area contributed by atoms with Crippen LogP contribution in [0, 0.1) is 5.92 Å². The maximum Gasteiger partial charge on any atom is 0.311 e. The zero-order chi connectivity index (χ0) is 30.4. The number of aliphatic carboxylic acids is 1. The van der Waals surface area contributed by atoms with Gasteiger partial charge in [0.05, 0.1) is 48.0 Å². The first-order valence-corrected chi connectivity index (χ1v) is 14.5. The second-order valence-corrected chi connectivity index (χ2v) is 11.5. The molecule has 1 unspecified atom stereocenters. The number of carboxylic acids is 1. The second-order valence-electron chi connectivity index (χ2n) is 11.1. The van der Waals surface area contributed by atoms with Crippen LogP contribution in [0.2, 0.25) is 5.02 Å². The number of hydrogen-bond acceptors (Lipinski definition) is 8. The fourth-order valence-corrected chi connectivity index (χ4v) is 6.01. The van der Waals surface area contributed by atoms with Crippen molar-refractivity contribution in [3.05, 3.63) is 52.5 Å². The Bertz CT molecular complexity index is 1270. The van der Waals surface area contributed by atoms with Crippen LogP contribution in [0.15, 0.2) is 36.4 Å². The van der Waals surface area contributed by atoms with Gasteiger partial charge < -0.3 is 35.8 Å². The zero-order valence-electron chi connectivity index (χ0n) is 24.3. The molecule has 2 heterocycles. The number of rotatable bonds is 10. The number of amides is 2. The Hall–Kier alpha value is -3.38. The van der Waals surface area contributed by atoms with Crippen LogP contribution in [0.5, 0.6) is 5.75 Å². The van der Waals surface area contributed by atoms with Crippen molar-refractivity contribution < 1.29 is 29.0 Å². The number of carboxylic acid groups (broad SMARTS) is 1. The van der Waals surface area contributed by atoms with Gasteiger partial charge in [0.25, 0.3) is 5.91 Å². The topological polar surface area (TPSA) is 146 Å². The van der Waals surface area contributed by atoms with E-state index in [0.29, 0.717) is 36.6 Å². The number of methoxy groups -OCH3 is 2. The first kappa shape index (κ1) is 31.6. The van der Waals surface area contributed by atoms with Crippen molar-refractivity contribution in [3.63, 3.8) is 0 Å². The minimum absolute atomic E-state index is 0.0897. The molecule has 2 aliphatic heterocycles. The van der Waals surface area contributed by atoms with Gasteiger partial charge in [-0.2, -0.15) is 0 Å². The molecule has 0 bridgehead atoms. The van der Waals surface area contributed by atoms with Gasteiger partial charge in [-0.3, -0.25) is 19.3 Å². The SMILES string of the molecule is COc1cc(N)c(Cl)cc1C(=O)N[C@@H]1CCN(CC(=O)Nc2ccc(C(C(=O)O)C3CCN(C)CC3)cc2)C[C@@H]1OC. The number of nitrogens with one attached hydrogen (secondary N) is 2. The second kappa shape index (κ2) is 14.2. The van der Waals surface area contributed by atoms with E-state index >= 15 is 0 Å². The van der Waals surface area contributed by atoms with Crippen LogP contribution in [0.1, 0.15) is 41.1 Å². The van der Waals surface area contributed by atoms with Crippen LogP contribution in [0.4, 0.5) is 11.4 Å². The summed E-state index contributed by atoms with van der Waals surface area (Å²) in [5, 5.41) is 16.1. The summed E-state index contributed by atoms with van der Waals surface area (Å²) in [6.07, 6.45) is 1.93. The average molecular weight is 602 g/mol. The molecule has 0 aliphatic carbocycles. The van der Waals surface area contributed by atoms with Crippen LogP contribution >= 0.6 is 11.6 Å². The van der Waals surface area contributed by atoms with Gasteiger partial charge in [0, 0.05) is 32.0 Å². The van der Waals surface area contributed by atoms with E-state index in [1.165, 1.54) is 19.2 Å². The lowest BCUT2D eigenvalue weighted by molar-refractivity contribution is -0.140. The van der Waals surface area contributed by atoms with Crippen molar-refractivity contribution in [1.82, 2.24) is 15.1 Å². The maximum absolute atomic E-state index is 13.0. The zero-order valence-corrected chi connectivity index (χ0v) is 25.0. The molecular weight excluding hydrogens is 562 g/mol. The van der Waals surface area contributed by atoms with E-state index in [0.717, 1.165) is 31.5 Å². The average Bonchev–Trinajstić information content (AvgIpc) is 2.96. The van der Waals surface area contributed by atoms with Crippen molar-refractivity contribution in [2.24, 2.45) is 5.92 Å². The number of piperidine rings is 2. The normalized spacial score (nSPS) is 21.0.